The second kappa shape index (κ2) is 9.55. The van der Waals surface area contributed by atoms with E-state index in [9.17, 15) is 4.79 Å². The van der Waals surface area contributed by atoms with Crippen LogP contribution in [0, 0.1) is 0 Å². The molecule has 0 spiro atoms. The van der Waals surface area contributed by atoms with E-state index in [2.05, 4.69) is 39.7 Å². The second-order valence-electron chi connectivity index (χ2n) is 6.49. The Kier molecular flexibility index (Phi) is 6.86. The van der Waals surface area contributed by atoms with Crippen molar-refractivity contribution in [2.24, 2.45) is 5.10 Å². The molecule has 136 valence electrons. The van der Waals surface area contributed by atoms with Gasteiger partial charge in [0.05, 0.1) is 5.25 Å². The Balaban J connectivity index is 1.42. The van der Waals surface area contributed by atoms with E-state index >= 15 is 0 Å². The molecule has 0 radical (unpaired) electrons. The summed E-state index contributed by atoms with van der Waals surface area (Å²) in [4.78, 5) is 15.8. The van der Waals surface area contributed by atoms with E-state index < -0.39 is 0 Å². The molecule has 3 rings (SSSR count). The summed E-state index contributed by atoms with van der Waals surface area (Å²) in [6.07, 6.45) is 1.82. The first-order chi connectivity index (χ1) is 12.7. The zero-order valence-electron chi connectivity index (χ0n) is 15.1. The number of hydrogen-bond acceptors (Lipinski definition) is 4. The molecule has 1 saturated heterocycles. The smallest absolute Gasteiger partial charge is 0.253 e. The molecule has 0 aliphatic carbocycles. The van der Waals surface area contributed by atoms with Crippen molar-refractivity contribution in [1.29, 1.82) is 0 Å². The van der Waals surface area contributed by atoms with Crippen molar-refractivity contribution in [3.63, 3.8) is 0 Å². The average molecular weight is 368 g/mol. The van der Waals surface area contributed by atoms with Gasteiger partial charge in [-0.15, -0.1) is 11.8 Å². The number of hydrazone groups is 1. The minimum Gasteiger partial charge on any atom is -0.298 e. The summed E-state index contributed by atoms with van der Waals surface area (Å²) in [5.41, 5.74) is 5.17. The molecule has 1 N–H and O–H groups in total. The molecular formula is C21H25N3OS. The van der Waals surface area contributed by atoms with Crippen LogP contribution in [0.25, 0.3) is 0 Å². The van der Waals surface area contributed by atoms with Crippen molar-refractivity contribution in [1.82, 2.24) is 10.3 Å². The fourth-order valence-electron chi connectivity index (χ4n) is 2.90. The van der Waals surface area contributed by atoms with Crippen LogP contribution in [0.3, 0.4) is 0 Å². The minimum absolute atomic E-state index is 0.0435. The van der Waals surface area contributed by atoms with Crippen molar-refractivity contribution in [2.45, 2.75) is 36.5 Å². The van der Waals surface area contributed by atoms with Crippen molar-refractivity contribution in [2.75, 3.05) is 13.1 Å². The number of nitrogens with zero attached hydrogens (tertiary/aromatic N) is 2. The number of rotatable bonds is 6. The van der Waals surface area contributed by atoms with Crippen LogP contribution in [0.1, 0.15) is 25.3 Å². The Bertz CT molecular complexity index is 723. The van der Waals surface area contributed by atoms with Gasteiger partial charge in [0.2, 0.25) is 0 Å². The van der Waals surface area contributed by atoms with Crippen LogP contribution in [-0.2, 0) is 11.3 Å². The van der Waals surface area contributed by atoms with Crippen LogP contribution in [0.15, 0.2) is 70.7 Å². The summed E-state index contributed by atoms with van der Waals surface area (Å²) < 4.78 is 0. The molecule has 4 nitrogen and oxygen atoms in total. The van der Waals surface area contributed by atoms with Crippen molar-refractivity contribution in [3.8, 4) is 0 Å². The van der Waals surface area contributed by atoms with Gasteiger partial charge in [0.25, 0.3) is 5.91 Å². The van der Waals surface area contributed by atoms with Crippen molar-refractivity contribution < 1.29 is 4.79 Å². The Morgan fingerprint density at radius 3 is 2.35 bits per heavy atom. The van der Waals surface area contributed by atoms with Crippen LogP contribution < -0.4 is 5.43 Å². The Hall–Kier alpha value is -2.11. The van der Waals surface area contributed by atoms with Crippen LogP contribution >= 0.6 is 11.8 Å². The lowest BCUT2D eigenvalue weighted by Gasteiger charge is -2.27. The molecule has 2 aromatic carbocycles. The number of nitrogens with one attached hydrogen (secondary N) is 1. The van der Waals surface area contributed by atoms with Gasteiger partial charge in [-0.25, -0.2) is 5.43 Å². The van der Waals surface area contributed by atoms with Gasteiger partial charge in [0.15, 0.2) is 0 Å². The van der Waals surface area contributed by atoms with Gasteiger partial charge in [-0.2, -0.15) is 5.10 Å². The molecule has 1 aliphatic heterocycles. The summed E-state index contributed by atoms with van der Waals surface area (Å²) in [7, 11) is 0. The monoisotopic (exact) mass is 367 g/mol. The molecule has 0 aromatic heterocycles. The van der Waals surface area contributed by atoms with Gasteiger partial charge in [-0.1, -0.05) is 48.5 Å². The van der Waals surface area contributed by atoms with Gasteiger partial charge in [-0.05, 0) is 24.6 Å². The number of hydrogen-bond donors (Lipinski definition) is 1. The lowest BCUT2D eigenvalue weighted by atomic mass is 10.1. The largest absolute Gasteiger partial charge is 0.298 e. The molecule has 1 heterocycles. The van der Waals surface area contributed by atoms with Crippen LogP contribution in [0.5, 0.6) is 0 Å². The third-order valence-corrected chi connectivity index (χ3v) is 5.54. The summed E-state index contributed by atoms with van der Waals surface area (Å²) in [5.74, 6) is -0.0435. The molecule has 2 aromatic rings. The van der Waals surface area contributed by atoms with E-state index in [0.29, 0.717) is 0 Å². The van der Waals surface area contributed by atoms with E-state index in [0.717, 1.165) is 43.1 Å². The molecule has 1 aliphatic rings. The van der Waals surface area contributed by atoms with Gasteiger partial charge >= 0.3 is 0 Å². The molecule has 0 unspecified atom stereocenters. The molecule has 1 amide bonds. The number of likely N-dealkylation sites (tertiary alicyclic amines) is 1. The van der Waals surface area contributed by atoms with E-state index in [4.69, 9.17) is 0 Å². The fourth-order valence-corrected chi connectivity index (χ4v) is 3.79. The quantitative estimate of drug-likeness (QED) is 0.621. The van der Waals surface area contributed by atoms with Crippen LogP contribution in [-0.4, -0.2) is 34.9 Å². The normalized spacial score (nSPS) is 16.1. The van der Waals surface area contributed by atoms with E-state index in [1.807, 2.05) is 43.3 Å². The van der Waals surface area contributed by atoms with Gasteiger partial charge in [0, 0.05) is 43.1 Å². The topological polar surface area (TPSA) is 44.7 Å². The molecule has 1 fully saturated rings. The molecule has 0 saturated carbocycles. The van der Waals surface area contributed by atoms with Gasteiger partial charge in [-0.3, -0.25) is 9.69 Å². The first-order valence-electron chi connectivity index (χ1n) is 9.04. The summed E-state index contributed by atoms with van der Waals surface area (Å²) in [6, 6.07) is 20.5. The first kappa shape index (κ1) is 18.7. The number of amides is 1. The van der Waals surface area contributed by atoms with Gasteiger partial charge in [0.1, 0.15) is 0 Å². The van der Waals surface area contributed by atoms with Crippen molar-refractivity contribution in [3.05, 3.63) is 66.2 Å². The lowest BCUT2D eigenvalue weighted by Crippen LogP contribution is -2.35. The molecule has 0 bridgehead atoms. The van der Waals surface area contributed by atoms with Crippen molar-refractivity contribution >= 4 is 23.4 Å². The maximum absolute atomic E-state index is 12.2. The predicted octanol–water partition coefficient (Wildman–Crippen LogP) is 3.94. The highest BCUT2D eigenvalue weighted by Crippen LogP contribution is 2.22. The number of benzene rings is 2. The van der Waals surface area contributed by atoms with E-state index in [1.54, 1.807) is 11.8 Å². The molecule has 5 heteroatoms. The van der Waals surface area contributed by atoms with E-state index in [-0.39, 0.29) is 11.2 Å². The number of carbonyl (C=O) groups is 1. The summed E-state index contributed by atoms with van der Waals surface area (Å²) >= 11 is 1.55. The highest BCUT2D eigenvalue weighted by atomic mass is 32.2. The number of thioether (sulfide) groups is 1. The standard InChI is InChI=1S/C21H25N3OS/c1-17(26-20-10-6-3-7-11-20)21(25)23-22-19-12-14-24(15-13-19)16-18-8-4-2-5-9-18/h2-11,17H,12-16H2,1H3,(H,23,25)/t17-/m0/s1. The Labute approximate surface area is 159 Å². The fraction of sp³-hybridized carbons (Fsp3) is 0.333. The summed E-state index contributed by atoms with van der Waals surface area (Å²) in [5, 5.41) is 4.20. The Morgan fingerprint density at radius 2 is 1.69 bits per heavy atom. The zero-order valence-corrected chi connectivity index (χ0v) is 15.9. The lowest BCUT2D eigenvalue weighted by molar-refractivity contribution is -0.120. The predicted molar refractivity (Wildman–Crippen MR) is 108 cm³/mol. The first-order valence-corrected chi connectivity index (χ1v) is 9.92. The zero-order chi connectivity index (χ0) is 18.2. The maximum atomic E-state index is 12.2. The maximum Gasteiger partial charge on any atom is 0.253 e. The molecule has 26 heavy (non-hydrogen) atoms. The summed E-state index contributed by atoms with van der Waals surface area (Å²) in [6.45, 7) is 4.86. The highest BCUT2D eigenvalue weighted by Gasteiger charge is 2.17. The second-order valence-corrected chi connectivity index (χ2v) is 7.90. The van der Waals surface area contributed by atoms with Crippen LogP contribution in [0.4, 0.5) is 0 Å². The van der Waals surface area contributed by atoms with Crippen LogP contribution in [0.2, 0.25) is 0 Å². The third kappa shape index (κ3) is 5.71. The van der Waals surface area contributed by atoms with E-state index in [1.165, 1.54) is 5.56 Å². The SMILES string of the molecule is C[C@H](Sc1ccccc1)C(=O)NN=C1CCN(Cc2ccccc2)CC1. The number of piperidine rings is 1. The Morgan fingerprint density at radius 1 is 1.08 bits per heavy atom. The molecular weight excluding hydrogens is 342 g/mol. The number of carbonyl (C=O) groups excluding carboxylic acids is 1. The average Bonchev–Trinajstić information content (AvgIpc) is 2.69. The highest BCUT2D eigenvalue weighted by molar-refractivity contribution is 8.00. The minimum atomic E-state index is -0.167. The van der Waals surface area contributed by atoms with Gasteiger partial charge < -0.3 is 0 Å². The third-order valence-electron chi connectivity index (χ3n) is 4.43. The molecule has 1 atom stereocenters.